The molecular formula is C14H20N4O. The summed E-state index contributed by atoms with van der Waals surface area (Å²) in [7, 11) is 0. The van der Waals surface area contributed by atoms with E-state index in [0.717, 1.165) is 18.4 Å². The number of pyridine rings is 1. The number of hydrogen-bond donors (Lipinski definition) is 3. The molecule has 0 spiro atoms. The standard InChI is InChI=1S/C14H20N4O/c15-18-13-11(2-1-7-16-13)14(19)17-8-12(9-3-4-9)10-5-6-10/h1-2,7,9-10,12H,3-6,8,15H2,(H,16,18)(H,17,19). The van der Waals surface area contributed by atoms with Crippen LogP contribution in [0.15, 0.2) is 18.3 Å². The van der Waals surface area contributed by atoms with Crippen LogP contribution < -0.4 is 16.6 Å². The number of nitrogens with zero attached hydrogens (tertiary/aromatic N) is 1. The van der Waals surface area contributed by atoms with E-state index >= 15 is 0 Å². The number of carbonyl (C=O) groups is 1. The van der Waals surface area contributed by atoms with Gasteiger partial charge in [-0.15, -0.1) is 0 Å². The predicted molar refractivity (Wildman–Crippen MR) is 73.3 cm³/mol. The van der Waals surface area contributed by atoms with E-state index < -0.39 is 0 Å². The summed E-state index contributed by atoms with van der Waals surface area (Å²) in [5.74, 6) is 8.06. The number of nitrogens with one attached hydrogen (secondary N) is 2. The molecule has 1 aromatic rings. The van der Waals surface area contributed by atoms with Gasteiger partial charge >= 0.3 is 0 Å². The Balaban J connectivity index is 1.61. The summed E-state index contributed by atoms with van der Waals surface area (Å²) < 4.78 is 0. The van der Waals surface area contributed by atoms with E-state index in [9.17, 15) is 4.79 Å². The number of aromatic nitrogens is 1. The van der Waals surface area contributed by atoms with Crippen LogP contribution in [-0.2, 0) is 0 Å². The molecule has 0 unspecified atom stereocenters. The molecule has 0 atom stereocenters. The summed E-state index contributed by atoms with van der Waals surface area (Å²) in [6, 6.07) is 3.48. The van der Waals surface area contributed by atoms with E-state index in [1.54, 1.807) is 18.3 Å². The van der Waals surface area contributed by atoms with Crippen LogP contribution in [0.25, 0.3) is 0 Å². The molecule has 1 aromatic heterocycles. The molecule has 5 heteroatoms. The fourth-order valence-electron chi connectivity index (χ4n) is 2.78. The Morgan fingerprint density at radius 2 is 2.05 bits per heavy atom. The van der Waals surface area contributed by atoms with Gasteiger partial charge in [-0.3, -0.25) is 4.79 Å². The molecule has 3 rings (SSSR count). The van der Waals surface area contributed by atoms with E-state index in [1.807, 2.05) is 0 Å². The highest BCUT2D eigenvalue weighted by Gasteiger charge is 2.41. The molecule has 0 aliphatic heterocycles. The molecule has 5 nitrogen and oxygen atoms in total. The number of rotatable bonds is 6. The van der Waals surface area contributed by atoms with Gasteiger partial charge in [-0.2, -0.15) is 0 Å². The number of hydrazine groups is 1. The Hall–Kier alpha value is -1.62. The lowest BCUT2D eigenvalue weighted by molar-refractivity contribution is 0.0944. The molecule has 1 amide bonds. The van der Waals surface area contributed by atoms with Crippen LogP contribution >= 0.6 is 0 Å². The predicted octanol–water partition coefficient (Wildman–Crippen LogP) is 1.53. The Morgan fingerprint density at radius 3 is 2.63 bits per heavy atom. The molecular weight excluding hydrogens is 240 g/mol. The van der Waals surface area contributed by atoms with Crippen LogP contribution in [-0.4, -0.2) is 17.4 Å². The lowest BCUT2D eigenvalue weighted by Crippen LogP contribution is -2.32. The number of hydrogen-bond acceptors (Lipinski definition) is 4. The normalized spacial score (nSPS) is 18.4. The summed E-state index contributed by atoms with van der Waals surface area (Å²) >= 11 is 0. The molecule has 2 fully saturated rings. The largest absolute Gasteiger partial charge is 0.352 e. The quantitative estimate of drug-likeness (QED) is 0.535. The van der Waals surface area contributed by atoms with Crippen molar-refractivity contribution in [2.75, 3.05) is 12.0 Å². The van der Waals surface area contributed by atoms with Crippen molar-refractivity contribution in [2.24, 2.45) is 23.6 Å². The fraction of sp³-hybridized carbons (Fsp3) is 0.571. The van der Waals surface area contributed by atoms with Crippen molar-refractivity contribution in [1.82, 2.24) is 10.3 Å². The highest BCUT2D eigenvalue weighted by molar-refractivity contribution is 5.98. The zero-order valence-corrected chi connectivity index (χ0v) is 10.9. The van der Waals surface area contributed by atoms with Crippen molar-refractivity contribution >= 4 is 11.7 Å². The second-order valence-electron chi connectivity index (χ2n) is 5.59. The molecule has 1 heterocycles. The first-order valence-corrected chi connectivity index (χ1v) is 6.99. The first-order chi connectivity index (χ1) is 9.29. The van der Waals surface area contributed by atoms with Gasteiger partial charge < -0.3 is 10.7 Å². The summed E-state index contributed by atoms with van der Waals surface area (Å²) in [6.07, 6.45) is 6.95. The van der Waals surface area contributed by atoms with Crippen LogP contribution in [0.4, 0.5) is 5.82 Å². The lowest BCUT2D eigenvalue weighted by Gasteiger charge is -2.16. The SMILES string of the molecule is NNc1ncccc1C(=O)NCC(C1CC1)C1CC1. The minimum Gasteiger partial charge on any atom is -0.352 e. The van der Waals surface area contributed by atoms with Crippen molar-refractivity contribution in [3.8, 4) is 0 Å². The first-order valence-electron chi connectivity index (χ1n) is 6.99. The van der Waals surface area contributed by atoms with Gasteiger partial charge in [0.15, 0.2) is 5.82 Å². The number of carbonyl (C=O) groups excluding carboxylic acids is 1. The van der Waals surface area contributed by atoms with E-state index in [-0.39, 0.29) is 5.91 Å². The van der Waals surface area contributed by atoms with Crippen molar-refractivity contribution in [3.63, 3.8) is 0 Å². The van der Waals surface area contributed by atoms with Crippen LogP contribution in [0.1, 0.15) is 36.0 Å². The topological polar surface area (TPSA) is 80.0 Å². The van der Waals surface area contributed by atoms with Gasteiger partial charge in [0, 0.05) is 12.7 Å². The molecule has 102 valence electrons. The monoisotopic (exact) mass is 260 g/mol. The number of nitrogens with two attached hydrogens (primary N) is 1. The maximum Gasteiger partial charge on any atom is 0.255 e. The molecule has 19 heavy (non-hydrogen) atoms. The Labute approximate surface area is 112 Å². The van der Waals surface area contributed by atoms with Gasteiger partial charge in [0.25, 0.3) is 5.91 Å². The van der Waals surface area contributed by atoms with Gasteiger partial charge in [0.05, 0.1) is 5.56 Å². The van der Waals surface area contributed by atoms with E-state index in [4.69, 9.17) is 5.84 Å². The summed E-state index contributed by atoms with van der Waals surface area (Å²) in [6.45, 7) is 0.785. The fourth-order valence-corrected chi connectivity index (χ4v) is 2.78. The second kappa shape index (κ2) is 5.17. The van der Waals surface area contributed by atoms with Crippen molar-refractivity contribution in [2.45, 2.75) is 25.7 Å². The van der Waals surface area contributed by atoms with Crippen molar-refractivity contribution < 1.29 is 4.79 Å². The zero-order chi connectivity index (χ0) is 13.2. The third-order valence-corrected chi connectivity index (χ3v) is 4.14. The second-order valence-corrected chi connectivity index (χ2v) is 5.59. The van der Waals surface area contributed by atoms with Gasteiger partial charge in [-0.05, 0) is 55.6 Å². The molecule has 0 aromatic carbocycles. The Kier molecular flexibility index (Phi) is 3.38. The average Bonchev–Trinajstić information content (AvgIpc) is 3.31. The third kappa shape index (κ3) is 2.87. The third-order valence-electron chi connectivity index (χ3n) is 4.14. The van der Waals surface area contributed by atoms with E-state index in [0.29, 0.717) is 17.3 Å². The Bertz CT molecular complexity index is 456. The number of nitrogen functional groups attached to an aromatic ring is 1. The van der Waals surface area contributed by atoms with Crippen LogP contribution in [0.5, 0.6) is 0 Å². The smallest absolute Gasteiger partial charge is 0.255 e. The minimum atomic E-state index is -0.0904. The molecule has 2 aliphatic rings. The molecule has 2 saturated carbocycles. The van der Waals surface area contributed by atoms with Crippen LogP contribution in [0.3, 0.4) is 0 Å². The van der Waals surface area contributed by atoms with Gasteiger partial charge in [0.1, 0.15) is 0 Å². The zero-order valence-electron chi connectivity index (χ0n) is 10.9. The number of anilines is 1. The van der Waals surface area contributed by atoms with E-state index in [1.165, 1.54) is 25.7 Å². The lowest BCUT2D eigenvalue weighted by atomic mass is 9.98. The maximum absolute atomic E-state index is 12.2. The van der Waals surface area contributed by atoms with Crippen LogP contribution in [0, 0.1) is 17.8 Å². The van der Waals surface area contributed by atoms with Crippen LogP contribution in [0.2, 0.25) is 0 Å². The highest BCUT2D eigenvalue weighted by atomic mass is 16.1. The Morgan fingerprint density at radius 1 is 1.37 bits per heavy atom. The minimum absolute atomic E-state index is 0.0904. The van der Waals surface area contributed by atoms with Gasteiger partial charge in [-0.25, -0.2) is 10.8 Å². The highest BCUT2D eigenvalue weighted by Crippen LogP contribution is 2.48. The van der Waals surface area contributed by atoms with E-state index in [2.05, 4.69) is 15.7 Å². The summed E-state index contributed by atoms with van der Waals surface area (Å²) in [5, 5.41) is 3.04. The average molecular weight is 260 g/mol. The van der Waals surface area contributed by atoms with Crippen molar-refractivity contribution in [3.05, 3.63) is 23.9 Å². The van der Waals surface area contributed by atoms with Crippen molar-refractivity contribution in [1.29, 1.82) is 0 Å². The summed E-state index contributed by atoms with van der Waals surface area (Å²) in [5.41, 5.74) is 2.97. The summed E-state index contributed by atoms with van der Waals surface area (Å²) in [4.78, 5) is 16.2. The molecule has 0 saturated heterocycles. The molecule has 0 radical (unpaired) electrons. The maximum atomic E-state index is 12.2. The molecule has 2 aliphatic carbocycles. The van der Waals surface area contributed by atoms with Gasteiger partial charge in [0.2, 0.25) is 0 Å². The van der Waals surface area contributed by atoms with Gasteiger partial charge in [-0.1, -0.05) is 0 Å². The molecule has 0 bridgehead atoms. The number of amides is 1. The molecule has 4 N–H and O–H groups in total. The first kappa shape index (κ1) is 12.4.